The summed E-state index contributed by atoms with van der Waals surface area (Å²) in [5, 5.41) is 32.4. The van der Waals surface area contributed by atoms with Gasteiger partial charge >= 0.3 is 19.4 Å². The smallest absolute Gasteiger partial charge is 0.377 e. The number of hydrogen-bond donors (Lipinski definition) is 1. The Morgan fingerprint density at radius 1 is 0.923 bits per heavy atom. The first-order valence-electron chi connectivity index (χ1n) is 20.9. The molecule has 0 saturated carbocycles. The Kier molecular flexibility index (Phi) is 14.8. The van der Waals surface area contributed by atoms with E-state index >= 15 is 13.2 Å². The molecule has 0 amide bonds. The maximum absolute atomic E-state index is 16.6. The molecule has 1 N–H and O–H groups in total. The molecule has 4 heterocycles. The second-order valence-corrected chi connectivity index (χ2v) is 16.8. The van der Waals surface area contributed by atoms with E-state index in [9.17, 15) is 14.5 Å². The van der Waals surface area contributed by atoms with Crippen molar-refractivity contribution < 1.29 is 36.4 Å². The number of rotatable bonds is 20. The SMILES string of the molecule is C/C=C\C(=N/N1CCN(c2ccc(-n3cnn([C@@H](CC)[C@H](C)OP(=O)(OCc4ccccc4)OCc4ccccc4)c3=O)nc2)CC1)C(F)(F)C(O)(Cn1cnnn1)c1ccccc1F. The van der Waals surface area contributed by atoms with Gasteiger partial charge in [-0.1, -0.05) is 91.9 Å². The van der Waals surface area contributed by atoms with E-state index in [0.29, 0.717) is 31.0 Å². The fourth-order valence-electron chi connectivity index (χ4n) is 7.35. The highest BCUT2D eigenvalue weighted by Crippen LogP contribution is 2.53. The van der Waals surface area contributed by atoms with Gasteiger partial charge in [-0.25, -0.2) is 32.7 Å². The summed E-state index contributed by atoms with van der Waals surface area (Å²) < 4.78 is 83.6. The first kappa shape index (κ1) is 46.7. The first-order chi connectivity index (χ1) is 31.3. The Balaban J connectivity index is 1.02. The van der Waals surface area contributed by atoms with Crippen LogP contribution < -0.4 is 10.6 Å². The number of allylic oxidation sites excluding steroid dienone is 2. The van der Waals surface area contributed by atoms with Crippen LogP contribution in [0.3, 0.4) is 0 Å². The highest BCUT2D eigenvalue weighted by atomic mass is 31.2. The largest absolute Gasteiger partial charge is 0.475 e. The van der Waals surface area contributed by atoms with Gasteiger partial charge in [0.05, 0.1) is 56.9 Å². The van der Waals surface area contributed by atoms with Crippen LogP contribution >= 0.6 is 7.82 Å². The van der Waals surface area contributed by atoms with Crippen molar-refractivity contribution in [3.63, 3.8) is 0 Å². The summed E-state index contributed by atoms with van der Waals surface area (Å²) in [6, 6.07) is 26.0. The summed E-state index contributed by atoms with van der Waals surface area (Å²) in [7, 11) is -4.17. The Labute approximate surface area is 373 Å². The number of aliphatic hydroxyl groups is 1. The van der Waals surface area contributed by atoms with Crippen LogP contribution in [-0.4, -0.2) is 93.6 Å². The maximum Gasteiger partial charge on any atom is 0.475 e. The fraction of sp³-hybridized carbons (Fsp3) is 0.341. The van der Waals surface area contributed by atoms with Gasteiger partial charge in [0, 0.05) is 18.7 Å². The number of alkyl halides is 2. The number of hydrazone groups is 1. The second-order valence-electron chi connectivity index (χ2n) is 15.2. The minimum atomic E-state index is -4.17. The Morgan fingerprint density at radius 3 is 2.14 bits per heavy atom. The number of benzene rings is 3. The van der Waals surface area contributed by atoms with Crippen LogP contribution in [-0.2, 0) is 43.5 Å². The van der Waals surface area contributed by atoms with Gasteiger partial charge in [-0.15, -0.1) is 5.10 Å². The lowest BCUT2D eigenvalue weighted by Crippen LogP contribution is -2.54. The van der Waals surface area contributed by atoms with Crippen LogP contribution in [0.1, 0.15) is 49.9 Å². The minimum absolute atomic E-state index is 0.0267. The van der Waals surface area contributed by atoms with Crippen LogP contribution in [0.15, 0.2) is 138 Å². The molecule has 1 saturated heterocycles. The molecule has 3 atom stereocenters. The standard InChI is InChI=1S/C44H49F3N11O6P/c1-4-14-40(44(46,47)43(60,30-56-31-49-52-53-56)37-19-12-13-20-38(37)45)51-55-25-23-54(24-26-55)36-21-22-41(48-27-36)57-32-50-58(42(57)59)39(5-2)33(3)64-65(61,62-28-34-15-8-6-9-16-34)63-29-35-17-10-7-11-18-35/h4,6-22,27,31-33,39,60H,5,23-26,28-30H2,1-3H3/b14-4-,51-40+/t33-,39-,43?/m0/s1. The quantitative estimate of drug-likeness (QED) is 0.0630. The van der Waals surface area contributed by atoms with E-state index < -0.39 is 60.8 Å². The van der Waals surface area contributed by atoms with Crippen molar-refractivity contribution >= 4 is 19.2 Å². The van der Waals surface area contributed by atoms with Gasteiger partial charge in [0.1, 0.15) is 30.0 Å². The highest BCUT2D eigenvalue weighted by Gasteiger charge is 2.58. The van der Waals surface area contributed by atoms with Crippen LogP contribution in [0, 0.1) is 5.82 Å². The molecule has 3 aromatic heterocycles. The lowest BCUT2D eigenvalue weighted by molar-refractivity contribution is -0.155. The monoisotopic (exact) mass is 915 g/mol. The fourth-order valence-corrected chi connectivity index (χ4v) is 8.71. The summed E-state index contributed by atoms with van der Waals surface area (Å²) in [6.45, 7) is 5.32. The number of pyridine rings is 1. The Morgan fingerprint density at radius 2 is 1.57 bits per heavy atom. The van der Waals surface area contributed by atoms with E-state index in [-0.39, 0.29) is 26.3 Å². The van der Waals surface area contributed by atoms with Gasteiger partial charge in [-0.2, -0.15) is 19.0 Å². The van der Waals surface area contributed by atoms with Gasteiger partial charge in [-0.3, -0.25) is 18.6 Å². The predicted octanol–water partition coefficient (Wildman–Crippen LogP) is 6.73. The van der Waals surface area contributed by atoms with Crippen molar-refractivity contribution in [1.82, 2.24) is 44.5 Å². The summed E-state index contributed by atoms with van der Waals surface area (Å²) in [6.07, 6.45) is 6.00. The molecular formula is C44H49F3N11O6P. The van der Waals surface area contributed by atoms with E-state index in [1.54, 1.807) is 25.3 Å². The normalized spacial score (nSPS) is 15.9. The van der Waals surface area contributed by atoms with Crippen LogP contribution in [0.2, 0.25) is 0 Å². The molecule has 65 heavy (non-hydrogen) atoms. The van der Waals surface area contributed by atoms with Gasteiger partial charge in [0.25, 0.3) is 0 Å². The number of nitrogens with zero attached hydrogens (tertiary/aromatic N) is 11. The number of tetrazole rings is 1. The average Bonchev–Trinajstić information content (AvgIpc) is 3.98. The van der Waals surface area contributed by atoms with E-state index in [0.717, 1.165) is 40.3 Å². The molecule has 3 aromatic carbocycles. The van der Waals surface area contributed by atoms with Crippen LogP contribution in [0.5, 0.6) is 0 Å². The molecule has 1 aliphatic rings. The zero-order valence-electron chi connectivity index (χ0n) is 35.9. The van der Waals surface area contributed by atoms with Crippen molar-refractivity contribution in [3.05, 3.63) is 161 Å². The van der Waals surface area contributed by atoms with Crippen molar-refractivity contribution in [1.29, 1.82) is 0 Å². The second kappa shape index (κ2) is 20.7. The zero-order chi connectivity index (χ0) is 46.0. The molecule has 0 radical (unpaired) electrons. The number of halogens is 3. The molecule has 1 fully saturated rings. The first-order valence-corrected chi connectivity index (χ1v) is 22.4. The lowest BCUT2D eigenvalue weighted by atomic mass is 9.84. The van der Waals surface area contributed by atoms with Crippen LogP contribution in [0.4, 0.5) is 18.9 Å². The van der Waals surface area contributed by atoms with Gasteiger partial charge < -0.3 is 10.0 Å². The number of piperazine rings is 1. The van der Waals surface area contributed by atoms with Crippen LogP contribution in [0.25, 0.3) is 5.82 Å². The third-order valence-corrected chi connectivity index (χ3v) is 12.3. The number of phosphoric acid groups is 1. The van der Waals surface area contributed by atoms with E-state index in [1.807, 2.05) is 72.5 Å². The highest BCUT2D eigenvalue weighted by molar-refractivity contribution is 7.48. The average molecular weight is 916 g/mol. The molecule has 342 valence electrons. The number of hydrogen-bond acceptors (Lipinski definition) is 14. The summed E-state index contributed by atoms with van der Waals surface area (Å²) in [4.78, 5) is 20.4. The summed E-state index contributed by atoms with van der Waals surface area (Å²) in [5.41, 5.74) is -2.79. The Bertz CT molecular complexity index is 2580. The van der Waals surface area contributed by atoms with Gasteiger partial charge in [0.15, 0.2) is 5.60 Å². The van der Waals surface area contributed by atoms with Crippen molar-refractivity contribution in [3.8, 4) is 5.82 Å². The minimum Gasteiger partial charge on any atom is -0.377 e. The van der Waals surface area contributed by atoms with E-state index in [2.05, 4.69) is 30.7 Å². The summed E-state index contributed by atoms with van der Waals surface area (Å²) in [5.74, 6) is -4.85. The molecule has 7 rings (SSSR count). The topological polar surface area (TPSA) is 180 Å². The molecule has 6 aromatic rings. The molecule has 1 unspecified atom stereocenters. The number of aromatic nitrogens is 8. The number of anilines is 1. The van der Waals surface area contributed by atoms with Crippen molar-refractivity contribution in [2.75, 3.05) is 31.1 Å². The molecule has 0 aliphatic carbocycles. The van der Waals surface area contributed by atoms with Gasteiger partial charge in [0.2, 0.25) is 0 Å². The van der Waals surface area contributed by atoms with E-state index in [4.69, 9.17) is 13.6 Å². The molecule has 21 heteroatoms. The molecule has 17 nitrogen and oxygen atoms in total. The molecule has 0 bridgehead atoms. The third kappa shape index (κ3) is 10.8. The van der Waals surface area contributed by atoms with Gasteiger partial charge in [-0.05, 0) is 66.1 Å². The van der Waals surface area contributed by atoms with E-state index in [1.165, 1.54) is 45.7 Å². The maximum atomic E-state index is 16.6. The Hall–Kier alpha value is -6.31. The zero-order valence-corrected chi connectivity index (χ0v) is 36.8. The molecule has 0 spiro atoms. The van der Waals surface area contributed by atoms with Crippen molar-refractivity contribution in [2.24, 2.45) is 5.10 Å². The summed E-state index contributed by atoms with van der Waals surface area (Å²) >= 11 is 0. The molecule has 1 aliphatic heterocycles. The third-order valence-electron chi connectivity index (χ3n) is 10.8. The predicted molar refractivity (Wildman–Crippen MR) is 235 cm³/mol. The lowest BCUT2D eigenvalue weighted by Gasteiger charge is -2.38. The van der Waals surface area contributed by atoms with Crippen molar-refractivity contribution in [2.45, 2.75) is 70.6 Å². The molecular weight excluding hydrogens is 867 g/mol. The number of phosphoric ester groups is 1.